The van der Waals surface area contributed by atoms with Gasteiger partial charge < -0.3 is 42.5 Å². The molecule has 234 valence electrons. The van der Waals surface area contributed by atoms with E-state index in [0.717, 1.165) is 4.90 Å². The van der Waals surface area contributed by atoms with Crippen LogP contribution in [0.2, 0.25) is 0 Å². The average Bonchev–Trinajstić information content (AvgIpc) is 3.39. The smallest absolute Gasteiger partial charge is 0.326 e. The monoisotopic (exact) mass is 584 g/mol. The number of carbonyl (C=O) groups is 6. The van der Waals surface area contributed by atoms with Crippen LogP contribution in [0, 0.1) is 11.8 Å². The zero-order chi connectivity index (χ0) is 31.3. The zero-order valence-electron chi connectivity index (χ0n) is 24.6. The first-order valence-corrected chi connectivity index (χ1v) is 14.3. The molecule has 9 N–H and O–H groups in total. The van der Waals surface area contributed by atoms with E-state index >= 15 is 0 Å². The van der Waals surface area contributed by atoms with E-state index in [4.69, 9.17) is 11.5 Å². The van der Waals surface area contributed by atoms with Gasteiger partial charge in [0, 0.05) is 6.54 Å². The minimum absolute atomic E-state index is 0.121. The van der Waals surface area contributed by atoms with Crippen LogP contribution in [0.25, 0.3) is 0 Å². The van der Waals surface area contributed by atoms with E-state index in [1.54, 1.807) is 13.8 Å². The molecule has 1 aliphatic rings. The second kappa shape index (κ2) is 17.5. The van der Waals surface area contributed by atoms with Crippen molar-refractivity contribution in [3.05, 3.63) is 0 Å². The van der Waals surface area contributed by atoms with Gasteiger partial charge in [-0.25, -0.2) is 4.79 Å². The van der Waals surface area contributed by atoms with Crippen molar-refractivity contribution in [3.63, 3.8) is 0 Å². The number of rotatable bonds is 18. The minimum atomic E-state index is -1.53. The summed E-state index contributed by atoms with van der Waals surface area (Å²) >= 11 is 0. The number of nitrogens with one attached hydrogen (secondary N) is 3. The van der Waals surface area contributed by atoms with E-state index in [2.05, 4.69) is 16.0 Å². The highest BCUT2D eigenvalue weighted by molar-refractivity contribution is 5.96. The predicted octanol–water partition coefficient (Wildman–Crippen LogP) is -0.460. The molecular weight excluding hydrogens is 536 g/mol. The molecular formula is C27H48N6O8. The minimum Gasteiger partial charge on any atom is -0.481 e. The molecule has 1 aliphatic heterocycles. The Kier molecular flexibility index (Phi) is 15.3. The summed E-state index contributed by atoms with van der Waals surface area (Å²) in [5.74, 6) is -5.57. The van der Waals surface area contributed by atoms with Crippen LogP contribution < -0.4 is 27.4 Å². The standard InChI is InChI=1S/C27H48N6O8/c1-5-16(4)22(32-24(37)18(9-6-7-11-28)30-23(36)17(29)13-15(2)3)25(38)31-19(14-21(34)35)26(39)33-12-8-10-20(33)27(40)41/h15-20,22H,5-14,28-29H2,1-4H3,(H,30,36)(H,31,38)(H,32,37)(H,34,35)(H,40,41)/t16-,17-,18-,19-,20-,22-/m0/s1. The molecule has 0 unspecified atom stereocenters. The zero-order valence-corrected chi connectivity index (χ0v) is 24.6. The molecule has 1 fully saturated rings. The molecule has 1 saturated heterocycles. The summed E-state index contributed by atoms with van der Waals surface area (Å²) in [5, 5.41) is 26.6. The van der Waals surface area contributed by atoms with Gasteiger partial charge in [-0.15, -0.1) is 0 Å². The molecule has 0 aromatic carbocycles. The predicted molar refractivity (Wildman–Crippen MR) is 150 cm³/mol. The van der Waals surface area contributed by atoms with Gasteiger partial charge in [0.2, 0.25) is 23.6 Å². The highest BCUT2D eigenvalue weighted by atomic mass is 16.4. The molecule has 0 aliphatic carbocycles. The Bertz CT molecular complexity index is 929. The van der Waals surface area contributed by atoms with E-state index in [1.165, 1.54) is 0 Å². The van der Waals surface area contributed by atoms with Crippen molar-refractivity contribution in [1.82, 2.24) is 20.9 Å². The molecule has 0 spiro atoms. The Labute approximate surface area is 241 Å². The van der Waals surface area contributed by atoms with Crippen molar-refractivity contribution >= 4 is 35.6 Å². The second-order valence-electron chi connectivity index (χ2n) is 11.1. The number of carboxylic acid groups (broad SMARTS) is 2. The second-order valence-corrected chi connectivity index (χ2v) is 11.1. The maximum absolute atomic E-state index is 13.4. The summed E-state index contributed by atoms with van der Waals surface area (Å²) in [6.07, 6.45) is 2.15. The number of amides is 4. The highest BCUT2D eigenvalue weighted by Crippen LogP contribution is 2.20. The molecule has 14 nitrogen and oxygen atoms in total. The first kappa shape index (κ1) is 35.8. The molecule has 41 heavy (non-hydrogen) atoms. The lowest BCUT2D eigenvalue weighted by molar-refractivity contribution is -0.150. The largest absolute Gasteiger partial charge is 0.481 e. The number of carbonyl (C=O) groups excluding carboxylic acids is 4. The first-order valence-electron chi connectivity index (χ1n) is 14.3. The Morgan fingerprint density at radius 2 is 1.56 bits per heavy atom. The van der Waals surface area contributed by atoms with Crippen LogP contribution in [0.3, 0.4) is 0 Å². The van der Waals surface area contributed by atoms with Crippen LogP contribution in [0.1, 0.15) is 79.1 Å². The Morgan fingerprint density at radius 3 is 2.10 bits per heavy atom. The molecule has 0 bridgehead atoms. The fourth-order valence-electron chi connectivity index (χ4n) is 4.73. The van der Waals surface area contributed by atoms with Crippen molar-refractivity contribution in [3.8, 4) is 0 Å². The quantitative estimate of drug-likeness (QED) is 0.102. The molecule has 1 rings (SSSR count). The van der Waals surface area contributed by atoms with Crippen molar-refractivity contribution in [2.45, 2.75) is 109 Å². The van der Waals surface area contributed by atoms with Gasteiger partial charge in [-0.3, -0.25) is 24.0 Å². The van der Waals surface area contributed by atoms with E-state index in [-0.39, 0.29) is 25.3 Å². The maximum Gasteiger partial charge on any atom is 0.326 e. The topological polar surface area (TPSA) is 234 Å². The van der Waals surface area contributed by atoms with Gasteiger partial charge in [0.15, 0.2) is 0 Å². The molecule has 6 atom stereocenters. The highest BCUT2D eigenvalue weighted by Gasteiger charge is 2.40. The van der Waals surface area contributed by atoms with Crippen LogP contribution >= 0.6 is 0 Å². The summed E-state index contributed by atoms with van der Waals surface area (Å²) in [6.45, 7) is 7.86. The number of carboxylic acids is 2. The Morgan fingerprint density at radius 1 is 0.927 bits per heavy atom. The normalized spacial score (nSPS) is 18.6. The summed E-state index contributed by atoms with van der Waals surface area (Å²) in [4.78, 5) is 76.8. The van der Waals surface area contributed by atoms with Gasteiger partial charge in [0.1, 0.15) is 24.2 Å². The number of likely N-dealkylation sites (tertiary alicyclic amines) is 1. The molecule has 0 aromatic heterocycles. The number of hydrogen-bond acceptors (Lipinski definition) is 8. The van der Waals surface area contributed by atoms with Gasteiger partial charge in [-0.2, -0.15) is 0 Å². The number of unbranched alkanes of at least 4 members (excludes halogenated alkanes) is 1. The third-order valence-corrected chi connectivity index (χ3v) is 7.25. The summed E-state index contributed by atoms with van der Waals surface area (Å²) < 4.78 is 0. The van der Waals surface area contributed by atoms with Gasteiger partial charge in [-0.1, -0.05) is 34.1 Å². The lowest BCUT2D eigenvalue weighted by Crippen LogP contribution is -2.60. The van der Waals surface area contributed by atoms with E-state index < -0.39 is 78.1 Å². The maximum atomic E-state index is 13.4. The van der Waals surface area contributed by atoms with E-state index in [0.29, 0.717) is 38.6 Å². The number of nitrogens with two attached hydrogens (primary N) is 2. The Hall–Kier alpha value is -3.26. The third-order valence-electron chi connectivity index (χ3n) is 7.25. The van der Waals surface area contributed by atoms with Crippen molar-refractivity contribution in [2.75, 3.05) is 13.1 Å². The van der Waals surface area contributed by atoms with Gasteiger partial charge >= 0.3 is 11.9 Å². The number of aliphatic carboxylic acids is 2. The van der Waals surface area contributed by atoms with Crippen LogP contribution in [-0.2, 0) is 28.8 Å². The molecule has 14 heteroatoms. The van der Waals surface area contributed by atoms with E-state index in [9.17, 15) is 39.0 Å². The lowest BCUT2D eigenvalue weighted by atomic mass is 9.96. The molecule has 0 radical (unpaired) electrons. The Balaban J connectivity index is 3.14. The summed E-state index contributed by atoms with van der Waals surface area (Å²) in [5.41, 5.74) is 11.6. The van der Waals surface area contributed by atoms with Gasteiger partial charge in [-0.05, 0) is 56.9 Å². The SMILES string of the molecule is CC[C@H](C)[C@H](NC(=O)[C@H](CCCCN)NC(=O)[C@@H](N)CC(C)C)C(=O)N[C@@H](CC(=O)O)C(=O)N1CCC[C@H]1C(=O)O. The average molecular weight is 585 g/mol. The first-order chi connectivity index (χ1) is 19.2. The van der Waals surface area contributed by atoms with Crippen molar-refractivity contribution in [2.24, 2.45) is 23.3 Å². The molecule has 0 aromatic rings. The van der Waals surface area contributed by atoms with Crippen LogP contribution in [-0.4, -0.2) is 94.0 Å². The fraction of sp³-hybridized carbons (Fsp3) is 0.778. The lowest BCUT2D eigenvalue weighted by Gasteiger charge is -2.30. The van der Waals surface area contributed by atoms with Crippen LogP contribution in [0.4, 0.5) is 0 Å². The molecule has 0 saturated carbocycles. The number of hydrogen-bond donors (Lipinski definition) is 7. The van der Waals surface area contributed by atoms with Crippen molar-refractivity contribution < 1.29 is 39.0 Å². The van der Waals surface area contributed by atoms with Crippen molar-refractivity contribution in [1.29, 1.82) is 0 Å². The summed E-state index contributed by atoms with van der Waals surface area (Å²) in [7, 11) is 0. The van der Waals surface area contributed by atoms with Gasteiger partial charge in [0.05, 0.1) is 12.5 Å². The molecule has 4 amide bonds. The van der Waals surface area contributed by atoms with Crippen LogP contribution in [0.5, 0.6) is 0 Å². The van der Waals surface area contributed by atoms with E-state index in [1.807, 2.05) is 13.8 Å². The molecule has 1 heterocycles. The van der Waals surface area contributed by atoms with Crippen LogP contribution in [0.15, 0.2) is 0 Å². The summed E-state index contributed by atoms with van der Waals surface area (Å²) in [6, 6.07) is -5.62. The van der Waals surface area contributed by atoms with Gasteiger partial charge in [0.25, 0.3) is 0 Å². The third kappa shape index (κ3) is 11.6. The fourth-order valence-corrected chi connectivity index (χ4v) is 4.73. The number of nitrogens with zero attached hydrogens (tertiary/aromatic N) is 1.